The van der Waals surface area contributed by atoms with E-state index in [1.807, 2.05) is 90.4 Å². The smallest absolute Gasteiger partial charge is 0.326 e. The summed E-state index contributed by atoms with van der Waals surface area (Å²) in [6, 6.07) is 20.2. The molecule has 0 saturated carbocycles. The summed E-state index contributed by atoms with van der Waals surface area (Å²) < 4.78 is 11.7. The van der Waals surface area contributed by atoms with Gasteiger partial charge in [0.1, 0.15) is 23.4 Å². The van der Waals surface area contributed by atoms with Crippen LogP contribution in [0.5, 0.6) is 11.5 Å². The van der Waals surface area contributed by atoms with Gasteiger partial charge in [0.2, 0.25) is 0 Å². The molecule has 2 amide bonds. The molecule has 0 spiro atoms. The molecule has 1 N–H and O–H groups in total. The molecule has 1 saturated heterocycles. The van der Waals surface area contributed by atoms with Gasteiger partial charge in [-0.15, -0.1) is 0 Å². The number of benzene rings is 3. The third-order valence-corrected chi connectivity index (χ3v) is 7.63. The molecule has 2 aliphatic rings. The van der Waals surface area contributed by atoms with E-state index in [1.165, 1.54) is 0 Å². The molecule has 5 rings (SSSR count). The number of hydrogen-bond acceptors (Lipinski definition) is 5. The van der Waals surface area contributed by atoms with Gasteiger partial charge in [-0.25, -0.2) is 4.79 Å². The lowest BCUT2D eigenvalue weighted by atomic mass is 9.93. The number of carbonyl (C=O) groups is 1. The van der Waals surface area contributed by atoms with Crippen molar-refractivity contribution >= 4 is 35.1 Å². The number of nitrogens with zero attached hydrogens (tertiary/aromatic N) is 3. The SMILES string of the molecule is COc1ccc(C2=NC(c3ccc(Cl)cc3)C(c3ccc(Cl)cc3)N2C(=O)N2CCNC(C)C2)c(OC(C)C)c1. The van der Waals surface area contributed by atoms with Gasteiger partial charge in [0.15, 0.2) is 0 Å². The van der Waals surface area contributed by atoms with Gasteiger partial charge in [0.05, 0.1) is 24.8 Å². The topological polar surface area (TPSA) is 66.4 Å². The van der Waals surface area contributed by atoms with E-state index in [0.717, 1.165) is 23.2 Å². The van der Waals surface area contributed by atoms with Gasteiger partial charge >= 0.3 is 6.03 Å². The molecule has 2 aliphatic heterocycles. The molecule has 9 heteroatoms. The highest BCUT2D eigenvalue weighted by Crippen LogP contribution is 2.46. The van der Waals surface area contributed by atoms with Crippen molar-refractivity contribution in [1.82, 2.24) is 15.1 Å². The van der Waals surface area contributed by atoms with E-state index in [2.05, 4.69) is 12.2 Å². The number of piperazine rings is 1. The molecule has 2 heterocycles. The van der Waals surface area contributed by atoms with E-state index < -0.39 is 6.04 Å². The highest BCUT2D eigenvalue weighted by Gasteiger charge is 2.45. The molecule has 40 heavy (non-hydrogen) atoms. The Labute approximate surface area is 245 Å². The Balaban J connectivity index is 1.70. The molecule has 3 aromatic rings. The fourth-order valence-corrected chi connectivity index (χ4v) is 5.53. The van der Waals surface area contributed by atoms with Gasteiger partial charge in [-0.05, 0) is 68.3 Å². The third-order valence-electron chi connectivity index (χ3n) is 7.13. The van der Waals surface area contributed by atoms with Crippen LogP contribution in [0, 0.1) is 0 Å². The minimum absolute atomic E-state index is 0.0925. The lowest BCUT2D eigenvalue weighted by Gasteiger charge is -2.38. The number of amidine groups is 1. The lowest BCUT2D eigenvalue weighted by molar-refractivity contribution is 0.148. The summed E-state index contributed by atoms with van der Waals surface area (Å²) in [5.41, 5.74) is 2.60. The first kappa shape index (κ1) is 28.3. The first-order chi connectivity index (χ1) is 19.2. The number of halogens is 2. The zero-order valence-electron chi connectivity index (χ0n) is 23.1. The van der Waals surface area contributed by atoms with Crippen molar-refractivity contribution < 1.29 is 14.3 Å². The van der Waals surface area contributed by atoms with Gasteiger partial charge in [-0.3, -0.25) is 9.89 Å². The number of aliphatic imine (C=N–C) groups is 1. The van der Waals surface area contributed by atoms with E-state index in [-0.39, 0.29) is 24.2 Å². The van der Waals surface area contributed by atoms with Gasteiger partial charge in [-0.1, -0.05) is 47.5 Å². The van der Waals surface area contributed by atoms with Crippen molar-refractivity contribution in [2.24, 2.45) is 4.99 Å². The minimum Gasteiger partial charge on any atom is -0.497 e. The van der Waals surface area contributed by atoms with Crippen LogP contribution in [-0.2, 0) is 0 Å². The molecule has 0 aromatic heterocycles. The number of carbonyl (C=O) groups excluding carboxylic acids is 1. The predicted molar refractivity (Wildman–Crippen MR) is 160 cm³/mol. The summed E-state index contributed by atoms with van der Waals surface area (Å²) in [6.07, 6.45) is -0.0925. The Hall–Kier alpha value is -3.26. The Kier molecular flexibility index (Phi) is 8.54. The average Bonchev–Trinajstić information content (AvgIpc) is 3.33. The van der Waals surface area contributed by atoms with Crippen LogP contribution in [0.2, 0.25) is 10.0 Å². The van der Waals surface area contributed by atoms with Crippen LogP contribution >= 0.6 is 23.2 Å². The van der Waals surface area contributed by atoms with Crippen molar-refractivity contribution in [2.45, 2.75) is 45.0 Å². The van der Waals surface area contributed by atoms with Crippen molar-refractivity contribution in [3.8, 4) is 11.5 Å². The van der Waals surface area contributed by atoms with Crippen LogP contribution in [0.4, 0.5) is 4.79 Å². The van der Waals surface area contributed by atoms with E-state index in [0.29, 0.717) is 40.5 Å². The fourth-order valence-electron chi connectivity index (χ4n) is 5.28. The molecular formula is C31H34Cl2N4O3. The van der Waals surface area contributed by atoms with Crippen LogP contribution in [-0.4, -0.2) is 60.6 Å². The largest absolute Gasteiger partial charge is 0.497 e. The maximum absolute atomic E-state index is 14.5. The van der Waals surface area contributed by atoms with Crippen LogP contribution < -0.4 is 14.8 Å². The summed E-state index contributed by atoms with van der Waals surface area (Å²) >= 11 is 12.5. The summed E-state index contributed by atoms with van der Waals surface area (Å²) in [4.78, 5) is 23.5. The Morgan fingerprint density at radius 1 is 1.00 bits per heavy atom. The molecular weight excluding hydrogens is 547 g/mol. The Morgan fingerprint density at radius 3 is 2.25 bits per heavy atom. The third kappa shape index (κ3) is 5.92. The van der Waals surface area contributed by atoms with Crippen LogP contribution in [0.1, 0.15) is 49.5 Å². The Morgan fingerprint density at radius 2 is 1.65 bits per heavy atom. The molecule has 0 aliphatic carbocycles. The van der Waals surface area contributed by atoms with E-state index in [9.17, 15) is 4.79 Å². The lowest BCUT2D eigenvalue weighted by Crippen LogP contribution is -2.56. The fraction of sp³-hybridized carbons (Fsp3) is 0.355. The molecule has 7 nitrogen and oxygen atoms in total. The maximum Gasteiger partial charge on any atom is 0.326 e. The van der Waals surface area contributed by atoms with Crippen molar-refractivity contribution in [1.29, 1.82) is 0 Å². The number of urea groups is 1. The number of nitrogens with one attached hydrogen (secondary N) is 1. The zero-order chi connectivity index (χ0) is 28.4. The van der Waals surface area contributed by atoms with Crippen LogP contribution in [0.3, 0.4) is 0 Å². The summed E-state index contributed by atoms with van der Waals surface area (Å²) in [6.45, 7) is 7.95. The molecule has 0 bridgehead atoms. The van der Waals surface area contributed by atoms with Crippen molar-refractivity contribution in [3.05, 3.63) is 93.5 Å². The maximum atomic E-state index is 14.5. The Bertz CT molecular complexity index is 1380. The van der Waals surface area contributed by atoms with Gasteiger partial charge in [-0.2, -0.15) is 0 Å². The zero-order valence-corrected chi connectivity index (χ0v) is 24.6. The first-order valence-electron chi connectivity index (χ1n) is 13.5. The highest BCUT2D eigenvalue weighted by atomic mass is 35.5. The van der Waals surface area contributed by atoms with Crippen LogP contribution in [0.15, 0.2) is 71.7 Å². The number of rotatable bonds is 6. The number of ether oxygens (including phenoxy) is 2. The number of amides is 2. The summed E-state index contributed by atoms with van der Waals surface area (Å²) in [7, 11) is 1.62. The summed E-state index contributed by atoms with van der Waals surface area (Å²) in [5, 5.41) is 4.69. The number of hydrogen-bond donors (Lipinski definition) is 1. The quantitative estimate of drug-likeness (QED) is 0.350. The second-order valence-electron chi connectivity index (χ2n) is 10.4. The molecule has 3 unspecified atom stereocenters. The second kappa shape index (κ2) is 12.1. The average molecular weight is 582 g/mol. The predicted octanol–water partition coefficient (Wildman–Crippen LogP) is 6.75. The minimum atomic E-state index is -0.417. The van der Waals surface area contributed by atoms with Crippen LogP contribution in [0.25, 0.3) is 0 Å². The number of methoxy groups -OCH3 is 1. The molecule has 210 valence electrons. The standard InChI is InChI=1S/C31H34Cl2N4O3/c1-19(2)40-27-17-25(39-4)13-14-26(27)30-35-28(21-5-9-23(32)10-6-21)29(22-7-11-24(33)12-8-22)37(30)31(38)36-16-15-34-20(3)18-36/h5-14,17,19-20,28-29,34H,15-16,18H2,1-4H3. The summed E-state index contributed by atoms with van der Waals surface area (Å²) in [5.74, 6) is 1.82. The highest BCUT2D eigenvalue weighted by molar-refractivity contribution is 6.30. The normalized spacial score (nSPS) is 21.0. The second-order valence-corrected chi connectivity index (χ2v) is 11.3. The molecule has 3 atom stereocenters. The monoisotopic (exact) mass is 580 g/mol. The molecule has 3 aromatic carbocycles. The first-order valence-corrected chi connectivity index (χ1v) is 14.3. The van der Waals surface area contributed by atoms with E-state index >= 15 is 0 Å². The van der Waals surface area contributed by atoms with Crippen molar-refractivity contribution in [2.75, 3.05) is 26.7 Å². The van der Waals surface area contributed by atoms with E-state index in [1.54, 1.807) is 7.11 Å². The van der Waals surface area contributed by atoms with Crippen molar-refractivity contribution in [3.63, 3.8) is 0 Å². The van der Waals surface area contributed by atoms with Gasteiger partial charge in [0.25, 0.3) is 0 Å². The molecule has 0 radical (unpaired) electrons. The van der Waals surface area contributed by atoms with E-state index in [4.69, 9.17) is 37.7 Å². The molecule has 1 fully saturated rings. The van der Waals surface area contributed by atoms with Gasteiger partial charge < -0.3 is 19.7 Å². The van der Waals surface area contributed by atoms with Gasteiger partial charge in [0, 0.05) is 41.8 Å².